The molecule has 3 aliphatic carbocycles. The lowest BCUT2D eigenvalue weighted by Gasteiger charge is -2.60. The van der Waals surface area contributed by atoms with Crippen LogP contribution in [-0.4, -0.2) is 65.8 Å². The highest BCUT2D eigenvalue weighted by Gasteiger charge is 2.65. The molecule has 0 unspecified atom stereocenters. The first-order valence-corrected chi connectivity index (χ1v) is 17.4. The van der Waals surface area contributed by atoms with Crippen molar-refractivity contribution in [2.45, 2.75) is 81.9 Å². The van der Waals surface area contributed by atoms with Crippen molar-refractivity contribution in [2.75, 3.05) is 17.9 Å². The van der Waals surface area contributed by atoms with Gasteiger partial charge in [0.25, 0.3) is 15.9 Å². The summed E-state index contributed by atoms with van der Waals surface area (Å²) in [7, 11) is -4.28. The van der Waals surface area contributed by atoms with Crippen molar-refractivity contribution in [3.05, 3.63) is 65.2 Å². The minimum absolute atomic E-state index is 0.0228. The molecule has 250 valence electrons. The SMILES string of the molecule is Cc1cccc(C)c1-c1cc2nc(n1)NS(=O)(=O)c1cccc(c1)C(=O)N([C@H]1CC3(C[C@H](CO)C3)C1)[C@H](CC1(C(F)(F)F)CC1)CO2. The highest BCUT2D eigenvalue weighted by atomic mass is 32.2. The second-order valence-corrected chi connectivity index (χ2v) is 15.7. The number of amides is 1. The highest BCUT2D eigenvalue weighted by molar-refractivity contribution is 7.92. The molecule has 1 amide bonds. The van der Waals surface area contributed by atoms with Gasteiger partial charge in [0, 0.05) is 29.8 Å². The number of ether oxygens (including phenoxy) is 1. The number of hydrogen-bond acceptors (Lipinski definition) is 7. The fourth-order valence-corrected chi connectivity index (χ4v) is 9.02. The number of aromatic nitrogens is 2. The Labute approximate surface area is 271 Å². The smallest absolute Gasteiger partial charge is 0.394 e. The molecule has 3 aromatic rings. The first-order chi connectivity index (χ1) is 22.2. The molecule has 2 aromatic carbocycles. The Hall–Kier alpha value is -3.71. The summed E-state index contributed by atoms with van der Waals surface area (Å²) in [4.78, 5) is 24.5. The average molecular weight is 671 g/mol. The third-order valence-corrected chi connectivity index (χ3v) is 11.9. The van der Waals surface area contributed by atoms with E-state index in [2.05, 4.69) is 14.7 Å². The molecule has 2 heterocycles. The van der Waals surface area contributed by atoms with Gasteiger partial charge in [-0.2, -0.15) is 18.2 Å². The van der Waals surface area contributed by atoms with E-state index in [1.54, 1.807) is 6.07 Å². The number of rotatable bonds is 5. The quantitative estimate of drug-likeness (QED) is 0.339. The number of nitrogens with zero attached hydrogens (tertiary/aromatic N) is 3. The fraction of sp³-hybridized carbons (Fsp3) is 0.500. The molecule has 9 nitrogen and oxygen atoms in total. The number of hydrogen-bond donors (Lipinski definition) is 2. The summed E-state index contributed by atoms with van der Waals surface area (Å²) < 4.78 is 79.1. The van der Waals surface area contributed by atoms with Crippen molar-refractivity contribution >= 4 is 21.9 Å². The Morgan fingerprint density at radius 1 is 1.02 bits per heavy atom. The topological polar surface area (TPSA) is 122 Å². The lowest BCUT2D eigenvalue weighted by molar-refractivity contribution is -0.194. The van der Waals surface area contributed by atoms with E-state index in [1.807, 2.05) is 32.0 Å². The number of carbonyl (C=O) groups is 1. The molecule has 3 saturated carbocycles. The van der Waals surface area contributed by atoms with Crippen LogP contribution < -0.4 is 9.46 Å². The van der Waals surface area contributed by atoms with Crippen LogP contribution in [-0.2, 0) is 10.0 Å². The molecular formula is C34H37F3N4O5S. The van der Waals surface area contributed by atoms with Gasteiger partial charge in [0.1, 0.15) is 6.61 Å². The Morgan fingerprint density at radius 3 is 2.34 bits per heavy atom. The summed E-state index contributed by atoms with van der Waals surface area (Å²) in [5.74, 6) is -0.638. The van der Waals surface area contributed by atoms with Crippen molar-refractivity contribution in [1.29, 1.82) is 0 Å². The Balaban J connectivity index is 1.34. The molecule has 1 spiro atoms. The van der Waals surface area contributed by atoms with Crippen molar-refractivity contribution < 1.29 is 36.2 Å². The number of fused-ring (bicyclic) bond motifs is 4. The number of carbonyl (C=O) groups excluding carboxylic acids is 1. The second kappa shape index (κ2) is 11.2. The van der Waals surface area contributed by atoms with Crippen LogP contribution in [0.5, 0.6) is 5.88 Å². The van der Waals surface area contributed by atoms with Crippen molar-refractivity contribution in [2.24, 2.45) is 16.7 Å². The maximum Gasteiger partial charge on any atom is 0.394 e. The molecule has 4 bridgehead atoms. The monoisotopic (exact) mass is 670 g/mol. The summed E-state index contributed by atoms with van der Waals surface area (Å²) in [6.45, 7) is 3.59. The van der Waals surface area contributed by atoms with Crippen LogP contribution in [0.4, 0.5) is 19.1 Å². The van der Waals surface area contributed by atoms with E-state index in [1.165, 1.54) is 29.2 Å². The first kappa shape index (κ1) is 31.9. The largest absolute Gasteiger partial charge is 0.475 e. The van der Waals surface area contributed by atoms with Gasteiger partial charge in [-0.05, 0) is 99.5 Å². The van der Waals surface area contributed by atoms with Gasteiger partial charge in [0.15, 0.2) is 0 Å². The van der Waals surface area contributed by atoms with Crippen LogP contribution in [0, 0.1) is 30.6 Å². The number of nitrogens with one attached hydrogen (secondary N) is 1. The van der Waals surface area contributed by atoms with Gasteiger partial charge in [-0.1, -0.05) is 24.3 Å². The van der Waals surface area contributed by atoms with Crippen molar-refractivity contribution in [3.63, 3.8) is 0 Å². The summed E-state index contributed by atoms with van der Waals surface area (Å²) in [5, 5.41) is 9.59. The minimum Gasteiger partial charge on any atom is -0.475 e. The Bertz CT molecular complexity index is 1810. The summed E-state index contributed by atoms with van der Waals surface area (Å²) in [5.41, 5.74) is 0.959. The highest BCUT2D eigenvalue weighted by Crippen LogP contribution is 2.63. The molecular weight excluding hydrogens is 633 g/mol. The lowest BCUT2D eigenvalue weighted by atomic mass is 9.50. The minimum atomic E-state index is -4.46. The van der Waals surface area contributed by atoms with E-state index in [4.69, 9.17) is 4.74 Å². The molecule has 4 aliphatic rings. The number of benzene rings is 2. The van der Waals surface area contributed by atoms with Gasteiger partial charge in [-0.25, -0.2) is 18.1 Å². The summed E-state index contributed by atoms with van der Waals surface area (Å²) in [6.07, 6.45) is -2.07. The third-order valence-electron chi connectivity index (χ3n) is 10.6. The van der Waals surface area contributed by atoms with Crippen LogP contribution in [0.25, 0.3) is 11.3 Å². The Kier molecular flexibility index (Phi) is 7.58. The number of aryl methyl sites for hydroxylation is 2. The van der Waals surface area contributed by atoms with Gasteiger partial charge >= 0.3 is 6.18 Å². The van der Waals surface area contributed by atoms with Crippen molar-refractivity contribution in [1.82, 2.24) is 14.9 Å². The van der Waals surface area contributed by atoms with E-state index in [0.717, 1.165) is 29.5 Å². The first-order valence-electron chi connectivity index (χ1n) is 15.9. The number of anilines is 1. The maximum absolute atomic E-state index is 14.4. The van der Waals surface area contributed by atoms with E-state index >= 15 is 0 Å². The van der Waals surface area contributed by atoms with Crippen molar-refractivity contribution in [3.8, 4) is 17.1 Å². The van der Waals surface area contributed by atoms with Gasteiger partial charge in [0.05, 0.1) is 22.0 Å². The van der Waals surface area contributed by atoms with E-state index in [-0.39, 0.29) is 72.1 Å². The Morgan fingerprint density at radius 2 is 1.70 bits per heavy atom. The molecule has 3 fully saturated rings. The second-order valence-electron chi connectivity index (χ2n) is 14.0. The molecule has 47 heavy (non-hydrogen) atoms. The van der Waals surface area contributed by atoms with Crippen LogP contribution in [0.2, 0.25) is 0 Å². The van der Waals surface area contributed by atoms with E-state index in [9.17, 15) is 31.5 Å². The molecule has 1 aromatic heterocycles. The van der Waals surface area contributed by atoms with Gasteiger partial charge in [0.2, 0.25) is 11.8 Å². The number of aliphatic hydroxyl groups is 1. The van der Waals surface area contributed by atoms with Gasteiger partial charge in [-0.15, -0.1) is 0 Å². The zero-order valence-electron chi connectivity index (χ0n) is 26.2. The van der Waals surface area contributed by atoms with E-state index in [0.29, 0.717) is 18.5 Å². The maximum atomic E-state index is 14.4. The fourth-order valence-electron chi connectivity index (χ4n) is 8.03. The molecule has 0 saturated heterocycles. The number of aliphatic hydroxyl groups excluding tert-OH is 1. The third kappa shape index (κ3) is 5.75. The van der Waals surface area contributed by atoms with Crippen LogP contribution in [0.1, 0.15) is 66.4 Å². The summed E-state index contributed by atoms with van der Waals surface area (Å²) >= 11 is 0. The summed E-state index contributed by atoms with van der Waals surface area (Å²) in [6, 6.07) is 11.4. The van der Waals surface area contributed by atoms with Crippen LogP contribution >= 0.6 is 0 Å². The lowest BCUT2D eigenvalue weighted by Crippen LogP contribution is -2.61. The van der Waals surface area contributed by atoms with Crippen LogP contribution in [0.3, 0.4) is 0 Å². The molecule has 1 atom stereocenters. The van der Waals surface area contributed by atoms with Gasteiger partial charge < -0.3 is 14.7 Å². The number of alkyl halides is 3. The van der Waals surface area contributed by atoms with Gasteiger partial charge in [-0.3, -0.25) is 4.79 Å². The standard InChI is InChI=1S/C34H37F3N4O5S/c1-20-5-3-6-21(2)29(20)27-12-28-39-31(38-27)40-47(44,45)26-8-4-7-23(11-26)30(43)41(24-15-32(16-24)13-22(14-32)18-42)25(19-46-28)17-33(9-10-33)34(35,36)37/h3-8,11-12,22,24-25,42H,9-10,13-19H2,1-2H3,(H,38,39,40)/t22-,24-,25-,32?/m1/s1. The average Bonchev–Trinajstić information content (AvgIpc) is 3.76. The zero-order chi connectivity index (χ0) is 33.4. The number of halogens is 3. The van der Waals surface area contributed by atoms with Crippen LogP contribution in [0.15, 0.2) is 53.4 Å². The predicted molar refractivity (Wildman–Crippen MR) is 167 cm³/mol. The molecule has 13 heteroatoms. The molecule has 1 aliphatic heterocycles. The normalized spacial score (nSPS) is 27.7. The zero-order valence-corrected chi connectivity index (χ0v) is 27.0. The van der Waals surface area contributed by atoms with E-state index < -0.39 is 33.6 Å². The predicted octanol–water partition coefficient (Wildman–Crippen LogP) is 6.05. The molecule has 7 rings (SSSR count). The number of sulfonamides is 1. The molecule has 0 radical (unpaired) electrons. The molecule has 2 N–H and O–H groups in total.